The van der Waals surface area contributed by atoms with Crippen LogP contribution in [0.5, 0.6) is 0 Å². The zero-order valence-corrected chi connectivity index (χ0v) is 22.8. The monoisotopic (exact) mass is 533 g/mol. The highest BCUT2D eigenvalue weighted by molar-refractivity contribution is 7.92. The molecule has 0 heterocycles. The van der Waals surface area contributed by atoms with Gasteiger partial charge in [-0.1, -0.05) is 54.8 Å². The molecule has 9 heteroatoms. The fraction of sp³-hybridized carbons (Fsp3) is 0.481. The van der Waals surface area contributed by atoms with Crippen LogP contribution in [0.1, 0.15) is 56.6 Å². The van der Waals surface area contributed by atoms with Crippen LogP contribution in [-0.4, -0.2) is 50.0 Å². The third-order valence-corrected chi connectivity index (χ3v) is 8.15. The molecule has 2 amide bonds. The summed E-state index contributed by atoms with van der Waals surface area (Å²) in [7, 11) is -3.56. The normalized spacial score (nSPS) is 14.9. The van der Waals surface area contributed by atoms with Crippen LogP contribution in [0.4, 0.5) is 5.69 Å². The Kier molecular flexibility index (Phi) is 9.79. The third kappa shape index (κ3) is 7.71. The van der Waals surface area contributed by atoms with Crippen molar-refractivity contribution >= 4 is 39.1 Å². The first-order valence-corrected chi connectivity index (χ1v) is 14.7. The molecule has 1 atom stereocenters. The highest BCUT2D eigenvalue weighted by Gasteiger charge is 2.29. The van der Waals surface area contributed by atoms with Gasteiger partial charge in [0.15, 0.2) is 0 Å². The molecule has 0 saturated heterocycles. The average molecular weight is 534 g/mol. The first-order valence-electron chi connectivity index (χ1n) is 12.4. The van der Waals surface area contributed by atoms with E-state index in [1.165, 1.54) is 4.31 Å². The Labute approximate surface area is 219 Å². The van der Waals surface area contributed by atoms with Crippen LogP contribution in [0, 0.1) is 6.92 Å². The van der Waals surface area contributed by atoms with Gasteiger partial charge < -0.3 is 10.2 Å². The number of halogens is 1. The number of hydrogen-bond acceptors (Lipinski definition) is 4. The highest BCUT2D eigenvalue weighted by atomic mass is 35.5. The Balaban J connectivity index is 1.72. The molecule has 0 radical (unpaired) electrons. The Morgan fingerprint density at radius 3 is 2.44 bits per heavy atom. The lowest BCUT2D eigenvalue weighted by Gasteiger charge is -2.30. The van der Waals surface area contributed by atoms with E-state index in [4.69, 9.17) is 11.6 Å². The number of sulfonamides is 1. The molecule has 1 aliphatic rings. The fourth-order valence-corrected chi connectivity index (χ4v) is 5.72. The number of hydrogen-bond donors (Lipinski definition) is 1. The quantitative estimate of drug-likeness (QED) is 0.454. The molecule has 2 aromatic carbocycles. The Morgan fingerprint density at radius 2 is 1.81 bits per heavy atom. The number of anilines is 1. The summed E-state index contributed by atoms with van der Waals surface area (Å²) >= 11 is 6.06. The Morgan fingerprint density at radius 1 is 1.11 bits per heavy atom. The van der Waals surface area contributed by atoms with E-state index in [0.29, 0.717) is 23.7 Å². The number of carbonyl (C=O) groups excluding carboxylic acids is 2. The first kappa shape index (κ1) is 28.0. The summed E-state index contributed by atoms with van der Waals surface area (Å²) in [5.74, 6) is -0.340. The Bertz CT molecular complexity index is 1170. The lowest BCUT2D eigenvalue weighted by molar-refractivity contribution is -0.141. The molecule has 0 spiro atoms. The molecular weight excluding hydrogens is 498 g/mol. The molecular formula is C27H36ClN3O4S. The maximum absolute atomic E-state index is 13.4. The van der Waals surface area contributed by atoms with Crippen molar-refractivity contribution in [1.29, 1.82) is 0 Å². The molecule has 0 aromatic heterocycles. The van der Waals surface area contributed by atoms with Crippen molar-refractivity contribution in [2.24, 2.45) is 0 Å². The first-order chi connectivity index (χ1) is 17.1. The van der Waals surface area contributed by atoms with Gasteiger partial charge in [0.2, 0.25) is 21.8 Å². The van der Waals surface area contributed by atoms with E-state index in [0.717, 1.165) is 43.1 Å². The van der Waals surface area contributed by atoms with Gasteiger partial charge in [-0.15, -0.1) is 0 Å². The number of amides is 2. The summed E-state index contributed by atoms with van der Waals surface area (Å²) in [5, 5.41) is 3.54. The van der Waals surface area contributed by atoms with Crippen LogP contribution < -0.4 is 9.62 Å². The summed E-state index contributed by atoms with van der Waals surface area (Å²) in [5.41, 5.74) is 2.48. The fourth-order valence-electron chi connectivity index (χ4n) is 4.58. The molecule has 196 valence electrons. The maximum atomic E-state index is 13.4. The molecule has 0 aliphatic heterocycles. The number of aryl methyl sites for hydroxylation is 1. The minimum atomic E-state index is -3.56. The van der Waals surface area contributed by atoms with Crippen molar-refractivity contribution in [3.8, 4) is 0 Å². The van der Waals surface area contributed by atoms with Gasteiger partial charge in [0, 0.05) is 30.6 Å². The number of nitrogens with zero attached hydrogens (tertiary/aromatic N) is 2. The molecule has 36 heavy (non-hydrogen) atoms. The summed E-state index contributed by atoms with van der Waals surface area (Å²) in [6.07, 6.45) is 5.70. The molecule has 0 bridgehead atoms. The van der Waals surface area contributed by atoms with Crippen LogP contribution in [-0.2, 0) is 26.2 Å². The van der Waals surface area contributed by atoms with Gasteiger partial charge in [-0.2, -0.15) is 0 Å². The van der Waals surface area contributed by atoms with Gasteiger partial charge in [0.05, 0.1) is 11.9 Å². The number of benzene rings is 2. The second kappa shape index (κ2) is 12.6. The van der Waals surface area contributed by atoms with Gasteiger partial charge >= 0.3 is 0 Å². The van der Waals surface area contributed by atoms with Gasteiger partial charge in [0.25, 0.3) is 0 Å². The molecule has 1 fully saturated rings. The molecule has 1 N–H and O–H groups in total. The van der Waals surface area contributed by atoms with Crippen LogP contribution >= 0.6 is 11.6 Å². The lowest BCUT2D eigenvalue weighted by atomic mass is 10.1. The number of nitrogens with one attached hydrogen (secondary N) is 1. The summed E-state index contributed by atoms with van der Waals surface area (Å²) in [4.78, 5) is 28.1. The predicted octanol–water partition coefficient (Wildman–Crippen LogP) is 4.67. The predicted molar refractivity (Wildman–Crippen MR) is 144 cm³/mol. The second-order valence-electron chi connectivity index (χ2n) is 9.53. The minimum absolute atomic E-state index is 0.111. The summed E-state index contributed by atoms with van der Waals surface area (Å²) < 4.78 is 26.1. The van der Waals surface area contributed by atoms with E-state index in [1.807, 2.05) is 31.2 Å². The SMILES string of the molecule is Cc1ccccc1CN(C(=O)CCCN(c1cccc(Cl)c1)S(C)(=O)=O)[C@@H](C)C(=O)NC1CCCC1. The molecule has 0 unspecified atom stereocenters. The van der Waals surface area contributed by atoms with Crippen molar-refractivity contribution in [1.82, 2.24) is 10.2 Å². The van der Waals surface area contributed by atoms with Crippen LogP contribution in [0.25, 0.3) is 0 Å². The lowest BCUT2D eigenvalue weighted by Crippen LogP contribution is -2.49. The Hall–Kier alpha value is -2.58. The van der Waals surface area contributed by atoms with E-state index in [1.54, 1.807) is 36.1 Å². The largest absolute Gasteiger partial charge is 0.352 e. The summed E-state index contributed by atoms with van der Waals surface area (Å²) in [6.45, 7) is 4.19. The van der Waals surface area contributed by atoms with Crippen molar-refractivity contribution in [3.05, 3.63) is 64.7 Å². The smallest absolute Gasteiger partial charge is 0.242 e. The summed E-state index contributed by atoms with van der Waals surface area (Å²) in [6, 6.07) is 14.0. The van der Waals surface area contributed by atoms with E-state index < -0.39 is 16.1 Å². The standard InChI is InChI=1S/C27H36ClN3O4S/c1-20-10-4-5-11-22(20)19-30(21(2)27(33)29-24-13-6-7-14-24)26(32)16-9-17-31(36(3,34)35)25-15-8-12-23(28)18-25/h4-5,8,10-12,15,18,21,24H,6-7,9,13-14,16-17,19H2,1-3H3,(H,29,33)/t21-/m0/s1. The van der Waals surface area contributed by atoms with Crippen LogP contribution in [0.2, 0.25) is 5.02 Å². The zero-order valence-electron chi connectivity index (χ0n) is 21.2. The van der Waals surface area contributed by atoms with Crippen LogP contribution in [0.15, 0.2) is 48.5 Å². The van der Waals surface area contributed by atoms with E-state index in [-0.39, 0.29) is 30.8 Å². The minimum Gasteiger partial charge on any atom is -0.352 e. The van der Waals surface area contributed by atoms with Crippen molar-refractivity contribution in [3.63, 3.8) is 0 Å². The van der Waals surface area contributed by atoms with Crippen molar-refractivity contribution < 1.29 is 18.0 Å². The molecule has 1 aliphatic carbocycles. The van der Waals surface area contributed by atoms with E-state index in [2.05, 4.69) is 5.32 Å². The zero-order chi connectivity index (χ0) is 26.3. The molecule has 2 aromatic rings. The average Bonchev–Trinajstić information content (AvgIpc) is 3.33. The number of rotatable bonds is 11. The van der Waals surface area contributed by atoms with Crippen LogP contribution in [0.3, 0.4) is 0 Å². The van der Waals surface area contributed by atoms with Gasteiger partial charge in [-0.05, 0) is 62.4 Å². The van der Waals surface area contributed by atoms with Crippen molar-refractivity contribution in [2.45, 2.75) is 71.0 Å². The molecule has 7 nitrogen and oxygen atoms in total. The topological polar surface area (TPSA) is 86.8 Å². The molecule has 3 rings (SSSR count). The second-order valence-corrected chi connectivity index (χ2v) is 11.9. The van der Waals surface area contributed by atoms with E-state index in [9.17, 15) is 18.0 Å². The van der Waals surface area contributed by atoms with Gasteiger partial charge in [0.1, 0.15) is 6.04 Å². The van der Waals surface area contributed by atoms with E-state index >= 15 is 0 Å². The van der Waals surface area contributed by atoms with Gasteiger partial charge in [-0.3, -0.25) is 13.9 Å². The highest BCUT2D eigenvalue weighted by Crippen LogP contribution is 2.23. The maximum Gasteiger partial charge on any atom is 0.242 e. The molecule has 1 saturated carbocycles. The van der Waals surface area contributed by atoms with Gasteiger partial charge in [-0.25, -0.2) is 8.42 Å². The number of carbonyl (C=O) groups is 2. The third-order valence-electron chi connectivity index (χ3n) is 6.72. The van der Waals surface area contributed by atoms with Crippen molar-refractivity contribution in [2.75, 3.05) is 17.1 Å².